The normalized spacial score (nSPS) is 15.5. The lowest BCUT2D eigenvalue weighted by molar-refractivity contribution is -0.126. The van der Waals surface area contributed by atoms with E-state index in [1.807, 2.05) is 6.92 Å². The van der Waals surface area contributed by atoms with Crippen LogP contribution < -0.4 is 11.1 Å². The van der Waals surface area contributed by atoms with Crippen molar-refractivity contribution < 1.29 is 13.6 Å². The molecule has 0 saturated heterocycles. The van der Waals surface area contributed by atoms with Gasteiger partial charge in [0.15, 0.2) is 0 Å². The molecule has 3 nitrogen and oxygen atoms in total. The highest BCUT2D eigenvalue weighted by Gasteiger charge is 2.27. The van der Waals surface area contributed by atoms with Crippen molar-refractivity contribution in [2.24, 2.45) is 5.73 Å². The summed E-state index contributed by atoms with van der Waals surface area (Å²) in [6.07, 6.45) is -1.29. The number of hydrogen-bond donors (Lipinski definition) is 2. The van der Waals surface area contributed by atoms with Crippen LogP contribution in [0.5, 0.6) is 0 Å². The van der Waals surface area contributed by atoms with Crippen LogP contribution in [0.3, 0.4) is 0 Å². The topological polar surface area (TPSA) is 55.1 Å². The standard InChI is InChI=1S/C8H16F2N2O/c1-3-4-8(2,11)7(13)12-5-6(9)10/h6H,3-5,11H2,1-2H3,(H,12,13). The summed E-state index contributed by atoms with van der Waals surface area (Å²) in [6.45, 7) is 2.79. The Morgan fingerprint density at radius 2 is 2.15 bits per heavy atom. The van der Waals surface area contributed by atoms with Crippen molar-refractivity contribution in [1.82, 2.24) is 5.32 Å². The van der Waals surface area contributed by atoms with Crippen LogP contribution in [0.25, 0.3) is 0 Å². The second kappa shape index (κ2) is 5.11. The van der Waals surface area contributed by atoms with E-state index in [0.717, 1.165) is 6.42 Å². The van der Waals surface area contributed by atoms with Gasteiger partial charge in [0.2, 0.25) is 5.91 Å². The van der Waals surface area contributed by atoms with Gasteiger partial charge in [-0.05, 0) is 13.3 Å². The highest BCUT2D eigenvalue weighted by molar-refractivity contribution is 5.85. The van der Waals surface area contributed by atoms with E-state index in [9.17, 15) is 13.6 Å². The first-order chi connectivity index (χ1) is 5.90. The molecule has 3 N–H and O–H groups in total. The number of halogens is 2. The lowest BCUT2D eigenvalue weighted by Gasteiger charge is -2.22. The Morgan fingerprint density at radius 3 is 2.54 bits per heavy atom. The number of rotatable bonds is 5. The van der Waals surface area contributed by atoms with E-state index in [2.05, 4.69) is 5.32 Å². The van der Waals surface area contributed by atoms with E-state index in [-0.39, 0.29) is 0 Å². The van der Waals surface area contributed by atoms with Crippen molar-refractivity contribution in [3.05, 3.63) is 0 Å². The molecule has 0 fully saturated rings. The lowest BCUT2D eigenvalue weighted by Crippen LogP contribution is -2.52. The molecular weight excluding hydrogens is 178 g/mol. The van der Waals surface area contributed by atoms with Gasteiger partial charge in [-0.3, -0.25) is 4.79 Å². The van der Waals surface area contributed by atoms with Crippen LogP contribution in [-0.2, 0) is 4.79 Å². The number of carbonyl (C=O) groups excluding carboxylic acids is 1. The molecular formula is C8H16F2N2O. The molecule has 0 rings (SSSR count). The summed E-state index contributed by atoms with van der Waals surface area (Å²) >= 11 is 0. The van der Waals surface area contributed by atoms with Crippen LogP contribution in [-0.4, -0.2) is 24.4 Å². The van der Waals surface area contributed by atoms with Gasteiger partial charge in [0, 0.05) is 0 Å². The first-order valence-corrected chi connectivity index (χ1v) is 4.25. The van der Waals surface area contributed by atoms with Crippen molar-refractivity contribution in [2.75, 3.05) is 6.54 Å². The summed E-state index contributed by atoms with van der Waals surface area (Å²) in [7, 11) is 0. The van der Waals surface area contributed by atoms with E-state index < -0.39 is 24.4 Å². The molecule has 0 aliphatic rings. The Hall–Kier alpha value is -0.710. The summed E-state index contributed by atoms with van der Waals surface area (Å²) < 4.78 is 23.4. The maximum absolute atomic E-state index is 11.7. The average molecular weight is 194 g/mol. The summed E-state index contributed by atoms with van der Waals surface area (Å²) in [5.41, 5.74) is 4.56. The molecule has 0 heterocycles. The van der Waals surface area contributed by atoms with Crippen molar-refractivity contribution in [3.8, 4) is 0 Å². The molecule has 0 bridgehead atoms. The molecule has 1 atom stereocenters. The van der Waals surface area contributed by atoms with E-state index in [4.69, 9.17) is 5.73 Å². The zero-order valence-corrected chi connectivity index (χ0v) is 7.94. The third-order valence-electron chi connectivity index (χ3n) is 1.70. The molecule has 13 heavy (non-hydrogen) atoms. The Kier molecular flexibility index (Phi) is 4.83. The Morgan fingerprint density at radius 1 is 1.62 bits per heavy atom. The van der Waals surface area contributed by atoms with Crippen LogP contribution in [0.15, 0.2) is 0 Å². The van der Waals surface area contributed by atoms with E-state index in [0.29, 0.717) is 6.42 Å². The SMILES string of the molecule is CCCC(C)(N)C(=O)NCC(F)F. The third-order valence-corrected chi connectivity index (χ3v) is 1.70. The largest absolute Gasteiger partial charge is 0.349 e. The summed E-state index contributed by atoms with van der Waals surface area (Å²) in [4.78, 5) is 11.2. The summed E-state index contributed by atoms with van der Waals surface area (Å²) in [5.74, 6) is -0.519. The average Bonchev–Trinajstić information content (AvgIpc) is 1.99. The Bertz CT molecular complexity index is 172. The number of amides is 1. The number of alkyl halides is 2. The fourth-order valence-corrected chi connectivity index (χ4v) is 1.00. The molecule has 1 amide bonds. The van der Waals surface area contributed by atoms with Gasteiger partial charge < -0.3 is 11.1 Å². The molecule has 0 aliphatic heterocycles. The smallest absolute Gasteiger partial charge is 0.255 e. The van der Waals surface area contributed by atoms with E-state index in [1.165, 1.54) is 6.92 Å². The molecule has 1 unspecified atom stereocenters. The van der Waals surface area contributed by atoms with Gasteiger partial charge in [-0.25, -0.2) is 8.78 Å². The summed E-state index contributed by atoms with van der Waals surface area (Å²) in [5, 5.41) is 2.09. The molecule has 78 valence electrons. The maximum Gasteiger partial charge on any atom is 0.255 e. The van der Waals surface area contributed by atoms with Crippen molar-refractivity contribution in [3.63, 3.8) is 0 Å². The monoisotopic (exact) mass is 194 g/mol. The first-order valence-electron chi connectivity index (χ1n) is 4.25. The highest BCUT2D eigenvalue weighted by Crippen LogP contribution is 2.08. The number of hydrogen-bond acceptors (Lipinski definition) is 2. The lowest BCUT2D eigenvalue weighted by atomic mass is 9.97. The fourth-order valence-electron chi connectivity index (χ4n) is 1.00. The minimum atomic E-state index is -2.53. The number of nitrogens with two attached hydrogens (primary N) is 1. The number of nitrogens with one attached hydrogen (secondary N) is 1. The number of carbonyl (C=O) groups is 1. The molecule has 0 radical (unpaired) electrons. The Balaban J connectivity index is 3.94. The van der Waals surface area contributed by atoms with Gasteiger partial charge in [-0.1, -0.05) is 13.3 Å². The molecule has 0 aromatic heterocycles. The predicted octanol–water partition coefficient (Wildman–Crippen LogP) is 0.885. The predicted molar refractivity (Wildman–Crippen MR) is 46.5 cm³/mol. The molecule has 0 aromatic rings. The minimum absolute atomic E-state index is 0.488. The zero-order chi connectivity index (χ0) is 10.5. The quantitative estimate of drug-likeness (QED) is 0.682. The van der Waals surface area contributed by atoms with Crippen molar-refractivity contribution >= 4 is 5.91 Å². The minimum Gasteiger partial charge on any atom is -0.349 e. The Labute approximate surface area is 76.7 Å². The van der Waals surface area contributed by atoms with Gasteiger partial charge in [0.25, 0.3) is 6.43 Å². The fraction of sp³-hybridized carbons (Fsp3) is 0.875. The van der Waals surface area contributed by atoms with Crippen LogP contribution in [0, 0.1) is 0 Å². The van der Waals surface area contributed by atoms with Gasteiger partial charge in [-0.15, -0.1) is 0 Å². The maximum atomic E-state index is 11.7. The van der Waals surface area contributed by atoms with Crippen LogP contribution >= 0.6 is 0 Å². The van der Waals surface area contributed by atoms with E-state index in [1.54, 1.807) is 0 Å². The van der Waals surface area contributed by atoms with Gasteiger partial charge in [-0.2, -0.15) is 0 Å². The van der Waals surface area contributed by atoms with Crippen LogP contribution in [0.4, 0.5) is 8.78 Å². The van der Waals surface area contributed by atoms with Crippen LogP contribution in [0.2, 0.25) is 0 Å². The zero-order valence-electron chi connectivity index (χ0n) is 7.94. The van der Waals surface area contributed by atoms with Gasteiger partial charge in [0.1, 0.15) is 0 Å². The first kappa shape index (κ1) is 12.3. The van der Waals surface area contributed by atoms with Crippen LogP contribution in [0.1, 0.15) is 26.7 Å². The van der Waals surface area contributed by atoms with Crippen molar-refractivity contribution in [2.45, 2.75) is 38.7 Å². The van der Waals surface area contributed by atoms with Gasteiger partial charge >= 0.3 is 0 Å². The molecule has 0 saturated carbocycles. The molecule has 0 aliphatic carbocycles. The van der Waals surface area contributed by atoms with E-state index >= 15 is 0 Å². The third kappa shape index (κ3) is 4.77. The second-order valence-corrected chi connectivity index (χ2v) is 3.27. The summed E-state index contributed by atoms with van der Waals surface area (Å²) in [6, 6.07) is 0. The highest BCUT2D eigenvalue weighted by atomic mass is 19.3. The molecule has 5 heteroatoms. The second-order valence-electron chi connectivity index (χ2n) is 3.27. The van der Waals surface area contributed by atoms with Gasteiger partial charge in [0.05, 0.1) is 12.1 Å². The molecule has 0 spiro atoms. The van der Waals surface area contributed by atoms with Crippen molar-refractivity contribution in [1.29, 1.82) is 0 Å². The molecule has 0 aromatic carbocycles.